The van der Waals surface area contributed by atoms with Crippen molar-refractivity contribution in [3.63, 3.8) is 0 Å². The second-order valence-electron chi connectivity index (χ2n) is 7.64. The minimum atomic E-state index is 0.0330. The maximum absolute atomic E-state index is 5.59. The van der Waals surface area contributed by atoms with E-state index in [-0.39, 0.29) is 12.1 Å². The number of nitrogens with zero attached hydrogens (tertiary/aromatic N) is 3. The van der Waals surface area contributed by atoms with Crippen LogP contribution in [0.3, 0.4) is 0 Å². The zero-order valence-corrected chi connectivity index (χ0v) is 17.8. The molecule has 4 rings (SSSR count). The van der Waals surface area contributed by atoms with E-state index in [1.807, 2.05) is 18.3 Å². The van der Waals surface area contributed by atoms with Crippen LogP contribution < -0.4 is 5.32 Å². The summed E-state index contributed by atoms with van der Waals surface area (Å²) in [7, 11) is 2.06. The van der Waals surface area contributed by atoms with Gasteiger partial charge in [-0.25, -0.2) is 0 Å². The molecule has 5 heteroatoms. The van der Waals surface area contributed by atoms with Crippen LogP contribution in [0.25, 0.3) is 5.69 Å². The van der Waals surface area contributed by atoms with Gasteiger partial charge in [0.25, 0.3) is 0 Å². The molecular weight excluding hydrogens is 364 g/mol. The summed E-state index contributed by atoms with van der Waals surface area (Å²) < 4.78 is 2.38. The Balaban J connectivity index is 1.86. The first kappa shape index (κ1) is 18.7. The second kappa shape index (κ2) is 7.06. The molecule has 28 heavy (non-hydrogen) atoms. The quantitative estimate of drug-likeness (QED) is 0.657. The highest BCUT2D eigenvalue weighted by molar-refractivity contribution is 7.80. The van der Waals surface area contributed by atoms with Gasteiger partial charge >= 0.3 is 0 Å². The summed E-state index contributed by atoms with van der Waals surface area (Å²) in [6.07, 6.45) is 1.84. The minimum absolute atomic E-state index is 0.0330. The standard InChI is InChI=1S/C23H26N4S/c1-14-9-8-10-15(2)21(14)27-16(3)13-18(17(27)4)22-20(25-23(28)26(22)5)19-11-6-7-12-24-19/h6-13,20,22H,1-5H3,(H,25,28). The van der Waals surface area contributed by atoms with E-state index >= 15 is 0 Å². The van der Waals surface area contributed by atoms with Crippen molar-refractivity contribution in [1.82, 2.24) is 19.8 Å². The first-order chi connectivity index (χ1) is 13.4. The number of para-hydroxylation sites is 1. The van der Waals surface area contributed by atoms with E-state index in [9.17, 15) is 0 Å². The third kappa shape index (κ3) is 2.90. The number of hydrogen-bond donors (Lipinski definition) is 1. The SMILES string of the molecule is Cc1cccc(C)c1-n1c(C)cc(C2C(c3ccccn3)NC(=S)N2C)c1C. The topological polar surface area (TPSA) is 33.1 Å². The Hall–Kier alpha value is -2.66. The van der Waals surface area contributed by atoms with Crippen LogP contribution in [0.4, 0.5) is 0 Å². The lowest BCUT2D eigenvalue weighted by Gasteiger charge is -2.25. The van der Waals surface area contributed by atoms with Gasteiger partial charge in [-0.2, -0.15) is 0 Å². The highest BCUT2D eigenvalue weighted by Crippen LogP contribution is 2.40. The van der Waals surface area contributed by atoms with Gasteiger partial charge in [0.15, 0.2) is 5.11 Å². The predicted molar refractivity (Wildman–Crippen MR) is 118 cm³/mol. The van der Waals surface area contributed by atoms with Gasteiger partial charge < -0.3 is 14.8 Å². The van der Waals surface area contributed by atoms with E-state index < -0.39 is 0 Å². The van der Waals surface area contributed by atoms with Gasteiger partial charge in [-0.1, -0.05) is 24.3 Å². The van der Waals surface area contributed by atoms with Crippen molar-refractivity contribution in [2.75, 3.05) is 7.05 Å². The van der Waals surface area contributed by atoms with Gasteiger partial charge in [-0.05, 0) is 74.8 Å². The molecule has 2 aromatic heterocycles. The Labute approximate surface area is 172 Å². The van der Waals surface area contributed by atoms with Crippen LogP contribution in [0, 0.1) is 27.7 Å². The van der Waals surface area contributed by atoms with Gasteiger partial charge in [0.1, 0.15) is 0 Å². The number of pyridine rings is 1. The monoisotopic (exact) mass is 390 g/mol. The molecule has 3 aromatic rings. The summed E-state index contributed by atoms with van der Waals surface area (Å²) in [4.78, 5) is 6.75. The van der Waals surface area contributed by atoms with Crippen molar-refractivity contribution in [3.05, 3.63) is 82.4 Å². The van der Waals surface area contributed by atoms with E-state index in [0.29, 0.717) is 0 Å². The molecule has 0 radical (unpaired) electrons. The molecule has 1 N–H and O–H groups in total. The molecule has 3 heterocycles. The van der Waals surface area contributed by atoms with E-state index in [2.05, 4.69) is 84.8 Å². The molecule has 0 aliphatic carbocycles. The molecule has 0 bridgehead atoms. The lowest BCUT2D eigenvalue weighted by molar-refractivity contribution is 0.367. The van der Waals surface area contributed by atoms with Crippen molar-refractivity contribution in [3.8, 4) is 5.69 Å². The highest BCUT2D eigenvalue weighted by Gasteiger charge is 2.39. The van der Waals surface area contributed by atoms with Crippen LogP contribution in [-0.4, -0.2) is 26.6 Å². The van der Waals surface area contributed by atoms with Crippen LogP contribution in [0.5, 0.6) is 0 Å². The summed E-state index contributed by atoms with van der Waals surface area (Å²) in [6, 6.07) is 15.0. The van der Waals surface area contributed by atoms with E-state index in [0.717, 1.165) is 10.8 Å². The number of aryl methyl sites for hydroxylation is 3. The van der Waals surface area contributed by atoms with E-state index in [1.54, 1.807) is 0 Å². The molecule has 2 atom stereocenters. The first-order valence-electron chi connectivity index (χ1n) is 9.60. The Bertz CT molecular complexity index is 1020. The molecule has 1 fully saturated rings. The van der Waals surface area contributed by atoms with Crippen LogP contribution in [-0.2, 0) is 0 Å². The molecule has 144 valence electrons. The molecule has 0 amide bonds. The van der Waals surface area contributed by atoms with E-state index in [1.165, 1.54) is 33.8 Å². The lowest BCUT2D eigenvalue weighted by atomic mass is 9.97. The van der Waals surface area contributed by atoms with Crippen LogP contribution in [0.2, 0.25) is 0 Å². The van der Waals surface area contributed by atoms with Gasteiger partial charge in [-0.3, -0.25) is 4.98 Å². The Kier molecular flexibility index (Phi) is 4.71. The van der Waals surface area contributed by atoms with Crippen molar-refractivity contribution in [1.29, 1.82) is 0 Å². The summed E-state index contributed by atoms with van der Waals surface area (Å²) >= 11 is 5.59. The first-order valence-corrected chi connectivity index (χ1v) is 10.0. The molecule has 1 saturated heterocycles. The number of rotatable bonds is 3. The molecular formula is C23H26N4S. The van der Waals surface area contributed by atoms with Crippen molar-refractivity contribution in [2.24, 2.45) is 0 Å². The number of aromatic nitrogens is 2. The molecule has 1 aliphatic heterocycles. The zero-order chi connectivity index (χ0) is 20.0. The lowest BCUT2D eigenvalue weighted by Crippen LogP contribution is -2.25. The number of nitrogens with one attached hydrogen (secondary N) is 1. The number of thiocarbonyl (C=S) groups is 1. The van der Waals surface area contributed by atoms with Crippen molar-refractivity contribution >= 4 is 17.3 Å². The third-order valence-corrected chi connectivity index (χ3v) is 6.20. The third-order valence-electron chi connectivity index (χ3n) is 5.79. The molecule has 0 saturated carbocycles. The van der Waals surface area contributed by atoms with Crippen LogP contribution >= 0.6 is 12.2 Å². The van der Waals surface area contributed by atoms with Gasteiger partial charge in [0.05, 0.1) is 23.5 Å². The Morgan fingerprint density at radius 2 is 1.71 bits per heavy atom. The number of benzene rings is 1. The summed E-state index contributed by atoms with van der Waals surface area (Å²) in [5.41, 5.74) is 8.61. The highest BCUT2D eigenvalue weighted by atomic mass is 32.1. The summed E-state index contributed by atoms with van der Waals surface area (Å²) in [5.74, 6) is 0. The summed E-state index contributed by atoms with van der Waals surface area (Å²) in [6.45, 7) is 8.74. The fraction of sp³-hybridized carbons (Fsp3) is 0.304. The average Bonchev–Trinajstić information content (AvgIpc) is 3.12. The second-order valence-corrected chi connectivity index (χ2v) is 8.03. The molecule has 1 aromatic carbocycles. The van der Waals surface area contributed by atoms with Crippen molar-refractivity contribution < 1.29 is 0 Å². The Morgan fingerprint density at radius 3 is 2.36 bits per heavy atom. The van der Waals surface area contributed by atoms with Crippen LogP contribution in [0.1, 0.15) is 45.9 Å². The Morgan fingerprint density at radius 1 is 1.00 bits per heavy atom. The maximum Gasteiger partial charge on any atom is 0.169 e. The van der Waals surface area contributed by atoms with E-state index in [4.69, 9.17) is 12.2 Å². The average molecular weight is 391 g/mol. The van der Waals surface area contributed by atoms with Gasteiger partial charge in [-0.15, -0.1) is 0 Å². The fourth-order valence-electron chi connectivity index (χ4n) is 4.44. The fourth-order valence-corrected chi connectivity index (χ4v) is 4.68. The summed E-state index contributed by atoms with van der Waals surface area (Å²) in [5, 5.41) is 4.23. The molecule has 4 nitrogen and oxygen atoms in total. The maximum atomic E-state index is 5.59. The number of likely N-dealkylation sites (N-methyl/N-ethyl adjacent to an activating group) is 1. The number of hydrogen-bond acceptors (Lipinski definition) is 2. The van der Waals surface area contributed by atoms with Gasteiger partial charge in [0.2, 0.25) is 0 Å². The molecule has 1 aliphatic rings. The zero-order valence-electron chi connectivity index (χ0n) is 17.0. The minimum Gasteiger partial charge on any atom is -0.352 e. The molecule has 2 unspecified atom stereocenters. The smallest absolute Gasteiger partial charge is 0.169 e. The van der Waals surface area contributed by atoms with Gasteiger partial charge in [0, 0.05) is 24.6 Å². The van der Waals surface area contributed by atoms with Crippen molar-refractivity contribution in [2.45, 2.75) is 39.8 Å². The largest absolute Gasteiger partial charge is 0.352 e. The normalized spacial score (nSPS) is 19.2. The van der Waals surface area contributed by atoms with Crippen LogP contribution in [0.15, 0.2) is 48.7 Å². The predicted octanol–water partition coefficient (Wildman–Crippen LogP) is 4.71. The molecule has 0 spiro atoms.